The second-order valence-electron chi connectivity index (χ2n) is 6.10. The normalized spacial score (nSPS) is 18.3. The average molecular weight is 359 g/mol. The van der Waals surface area contributed by atoms with Crippen molar-refractivity contribution in [3.8, 4) is 5.75 Å². The van der Waals surface area contributed by atoms with Crippen LogP contribution in [0.5, 0.6) is 5.75 Å². The summed E-state index contributed by atoms with van der Waals surface area (Å²) in [5, 5.41) is 0.610. The van der Waals surface area contributed by atoms with Gasteiger partial charge in [0.1, 0.15) is 5.75 Å². The van der Waals surface area contributed by atoms with E-state index >= 15 is 0 Å². The minimum atomic E-state index is -0.417. The molecule has 2 unspecified atom stereocenters. The maximum Gasteiger partial charge on any atom is 0.276 e. The van der Waals surface area contributed by atoms with Gasteiger partial charge in [-0.1, -0.05) is 41.9 Å². The molecule has 0 radical (unpaired) electrons. The standard InChI is InChI=1S/C19H19ClN2O3/c1-12-9-14(20)7-8-17(12)25-11-18(23)21-22-19(24)16-10-15(16)13-5-3-2-4-6-13/h2-9,15-16H,10-11H2,1H3,(H,21,23)(H,22,24). The number of hydrogen-bond donors (Lipinski definition) is 2. The highest BCUT2D eigenvalue weighted by atomic mass is 35.5. The number of aryl methyl sites for hydroxylation is 1. The highest BCUT2D eigenvalue weighted by Gasteiger charge is 2.43. The van der Waals surface area contributed by atoms with Crippen LogP contribution >= 0.6 is 11.6 Å². The van der Waals surface area contributed by atoms with Crippen molar-refractivity contribution in [2.75, 3.05) is 6.61 Å². The van der Waals surface area contributed by atoms with Gasteiger partial charge in [0.25, 0.3) is 5.91 Å². The van der Waals surface area contributed by atoms with E-state index in [9.17, 15) is 9.59 Å². The number of benzene rings is 2. The van der Waals surface area contributed by atoms with Crippen LogP contribution in [-0.4, -0.2) is 18.4 Å². The Kier molecular flexibility index (Phi) is 5.24. The molecule has 5 nitrogen and oxygen atoms in total. The fraction of sp³-hybridized carbons (Fsp3) is 0.263. The Bertz CT molecular complexity index is 779. The zero-order chi connectivity index (χ0) is 17.8. The lowest BCUT2D eigenvalue weighted by Crippen LogP contribution is -2.44. The number of hydrogen-bond acceptors (Lipinski definition) is 3. The first-order valence-corrected chi connectivity index (χ1v) is 8.45. The van der Waals surface area contributed by atoms with Gasteiger partial charge < -0.3 is 4.74 Å². The summed E-state index contributed by atoms with van der Waals surface area (Å²) in [6.07, 6.45) is 0.798. The van der Waals surface area contributed by atoms with Crippen LogP contribution in [0.3, 0.4) is 0 Å². The van der Waals surface area contributed by atoms with Gasteiger partial charge in [0.2, 0.25) is 5.91 Å². The Morgan fingerprint density at radius 3 is 2.64 bits per heavy atom. The molecule has 0 aromatic heterocycles. The van der Waals surface area contributed by atoms with Crippen molar-refractivity contribution < 1.29 is 14.3 Å². The van der Waals surface area contributed by atoms with Crippen molar-refractivity contribution in [1.29, 1.82) is 0 Å². The van der Waals surface area contributed by atoms with Gasteiger partial charge in [0.15, 0.2) is 6.61 Å². The Morgan fingerprint density at radius 1 is 1.16 bits per heavy atom. The van der Waals surface area contributed by atoms with E-state index in [-0.39, 0.29) is 24.3 Å². The SMILES string of the molecule is Cc1cc(Cl)ccc1OCC(=O)NNC(=O)C1CC1c1ccccc1. The molecule has 2 amide bonds. The molecule has 1 saturated carbocycles. The van der Waals surface area contributed by atoms with E-state index in [2.05, 4.69) is 10.9 Å². The number of amides is 2. The van der Waals surface area contributed by atoms with E-state index in [1.54, 1.807) is 18.2 Å². The van der Waals surface area contributed by atoms with E-state index in [0.717, 1.165) is 17.5 Å². The molecule has 2 aromatic rings. The van der Waals surface area contributed by atoms with Crippen molar-refractivity contribution in [2.24, 2.45) is 5.92 Å². The number of halogens is 1. The molecule has 2 aromatic carbocycles. The third-order valence-electron chi connectivity index (χ3n) is 4.18. The molecular formula is C19H19ClN2O3. The van der Waals surface area contributed by atoms with E-state index < -0.39 is 5.91 Å². The molecule has 0 bridgehead atoms. The lowest BCUT2D eigenvalue weighted by atomic mass is 10.1. The Morgan fingerprint density at radius 2 is 1.92 bits per heavy atom. The Labute approximate surface area is 151 Å². The first kappa shape index (κ1) is 17.3. The van der Waals surface area contributed by atoms with E-state index in [0.29, 0.717) is 10.8 Å². The molecule has 0 aliphatic heterocycles. The van der Waals surface area contributed by atoms with Crippen molar-refractivity contribution in [3.05, 3.63) is 64.7 Å². The first-order valence-electron chi connectivity index (χ1n) is 8.07. The van der Waals surface area contributed by atoms with Gasteiger partial charge in [-0.05, 0) is 48.6 Å². The van der Waals surface area contributed by atoms with Crippen molar-refractivity contribution >= 4 is 23.4 Å². The van der Waals surface area contributed by atoms with Gasteiger partial charge in [-0.25, -0.2) is 0 Å². The van der Waals surface area contributed by atoms with E-state index in [4.69, 9.17) is 16.3 Å². The van der Waals surface area contributed by atoms with Crippen molar-refractivity contribution in [3.63, 3.8) is 0 Å². The summed E-state index contributed by atoms with van der Waals surface area (Å²) in [6, 6.07) is 15.0. The zero-order valence-corrected chi connectivity index (χ0v) is 14.5. The molecule has 1 aliphatic carbocycles. The fourth-order valence-corrected chi connectivity index (χ4v) is 2.96. The lowest BCUT2D eigenvalue weighted by molar-refractivity contribution is -0.130. The second kappa shape index (κ2) is 7.57. The number of ether oxygens (including phenoxy) is 1. The number of nitrogens with one attached hydrogen (secondary N) is 2. The third-order valence-corrected chi connectivity index (χ3v) is 4.41. The Hall–Kier alpha value is -2.53. The topological polar surface area (TPSA) is 67.4 Å². The van der Waals surface area contributed by atoms with Gasteiger partial charge in [0.05, 0.1) is 0 Å². The summed E-state index contributed by atoms with van der Waals surface area (Å²) in [7, 11) is 0. The summed E-state index contributed by atoms with van der Waals surface area (Å²) in [5.41, 5.74) is 6.84. The van der Waals surface area contributed by atoms with Crippen LogP contribution in [0, 0.1) is 12.8 Å². The van der Waals surface area contributed by atoms with Gasteiger partial charge >= 0.3 is 0 Å². The smallest absolute Gasteiger partial charge is 0.276 e. The van der Waals surface area contributed by atoms with Gasteiger partial charge in [0, 0.05) is 10.9 Å². The van der Waals surface area contributed by atoms with Crippen molar-refractivity contribution in [2.45, 2.75) is 19.3 Å². The summed E-state index contributed by atoms with van der Waals surface area (Å²) in [5.74, 6) is 0.120. The quantitative estimate of drug-likeness (QED) is 0.807. The van der Waals surface area contributed by atoms with Crippen LogP contribution in [0.2, 0.25) is 5.02 Å². The zero-order valence-electron chi connectivity index (χ0n) is 13.8. The highest BCUT2D eigenvalue weighted by Crippen LogP contribution is 2.47. The maximum absolute atomic E-state index is 12.1. The van der Waals surface area contributed by atoms with E-state index in [1.165, 1.54) is 0 Å². The first-order chi connectivity index (χ1) is 12.0. The largest absolute Gasteiger partial charge is 0.483 e. The number of carbonyl (C=O) groups excluding carboxylic acids is 2. The minimum absolute atomic E-state index is 0.0953. The summed E-state index contributed by atoms with van der Waals surface area (Å²) in [4.78, 5) is 23.9. The van der Waals surface area contributed by atoms with Gasteiger partial charge in [-0.15, -0.1) is 0 Å². The molecule has 2 N–H and O–H groups in total. The molecule has 3 rings (SSSR count). The molecule has 0 spiro atoms. The minimum Gasteiger partial charge on any atom is -0.483 e. The summed E-state index contributed by atoms with van der Waals surface area (Å²) in [6.45, 7) is 1.66. The summed E-state index contributed by atoms with van der Waals surface area (Å²) < 4.78 is 5.43. The Balaban J connectivity index is 1.41. The molecule has 0 saturated heterocycles. The van der Waals surface area contributed by atoms with Crippen LogP contribution in [-0.2, 0) is 9.59 Å². The molecular weight excluding hydrogens is 340 g/mol. The maximum atomic E-state index is 12.1. The molecule has 0 heterocycles. The van der Waals surface area contributed by atoms with Gasteiger partial charge in [-0.3, -0.25) is 20.4 Å². The monoisotopic (exact) mass is 358 g/mol. The molecule has 130 valence electrons. The summed E-state index contributed by atoms with van der Waals surface area (Å²) >= 11 is 5.87. The predicted octanol–water partition coefficient (Wildman–Crippen LogP) is 2.98. The van der Waals surface area contributed by atoms with Crippen LogP contribution in [0.4, 0.5) is 0 Å². The number of hydrazine groups is 1. The lowest BCUT2D eigenvalue weighted by Gasteiger charge is -2.10. The highest BCUT2D eigenvalue weighted by molar-refractivity contribution is 6.30. The molecule has 1 aliphatic rings. The molecule has 1 fully saturated rings. The van der Waals surface area contributed by atoms with Crippen LogP contribution in [0.15, 0.2) is 48.5 Å². The second-order valence-corrected chi connectivity index (χ2v) is 6.53. The van der Waals surface area contributed by atoms with Crippen LogP contribution < -0.4 is 15.6 Å². The molecule has 6 heteroatoms. The number of carbonyl (C=O) groups is 2. The van der Waals surface area contributed by atoms with Crippen molar-refractivity contribution in [1.82, 2.24) is 10.9 Å². The number of rotatable bonds is 5. The van der Waals surface area contributed by atoms with Crippen LogP contribution in [0.1, 0.15) is 23.5 Å². The fourth-order valence-electron chi connectivity index (χ4n) is 2.73. The average Bonchev–Trinajstić information content (AvgIpc) is 3.40. The van der Waals surface area contributed by atoms with E-state index in [1.807, 2.05) is 37.3 Å². The molecule has 2 atom stereocenters. The third kappa shape index (κ3) is 4.51. The predicted molar refractivity (Wildman–Crippen MR) is 95.3 cm³/mol. The van der Waals surface area contributed by atoms with Gasteiger partial charge in [-0.2, -0.15) is 0 Å². The molecule has 25 heavy (non-hydrogen) atoms. The van der Waals surface area contributed by atoms with Crippen LogP contribution in [0.25, 0.3) is 0 Å².